The van der Waals surface area contributed by atoms with Crippen molar-refractivity contribution >= 4 is 16.8 Å². The fourth-order valence-corrected chi connectivity index (χ4v) is 3.54. The largest absolute Gasteiger partial charge is 0.337 e. The third-order valence-corrected chi connectivity index (χ3v) is 5.11. The molecule has 26 heavy (non-hydrogen) atoms. The molecule has 2 aromatic heterocycles. The Balaban J connectivity index is 1.69. The molecule has 0 bridgehead atoms. The number of benzene rings is 1. The summed E-state index contributed by atoms with van der Waals surface area (Å²) in [5.41, 5.74) is 2.80. The molecule has 0 unspecified atom stereocenters. The number of piperidine rings is 1. The van der Waals surface area contributed by atoms with Gasteiger partial charge in [-0.25, -0.2) is 4.68 Å². The Bertz CT molecular complexity index is 939. The Labute approximate surface area is 152 Å². The number of amides is 1. The molecule has 1 fully saturated rings. The molecule has 1 aromatic carbocycles. The Morgan fingerprint density at radius 1 is 1.23 bits per heavy atom. The first-order valence-electron chi connectivity index (χ1n) is 8.91. The molecular weight excluding hydrogens is 328 g/mol. The average molecular weight is 350 g/mol. The summed E-state index contributed by atoms with van der Waals surface area (Å²) in [6.45, 7) is 3.76. The third-order valence-electron chi connectivity index (χ3n) is 5.11. The molecule has 7 heteroatoms. The van der Waals surface area contributed by atoms with Crippen molar-refractivity contribution in [3.05, 3.63) is 47.9 Å². The Hall–Kier alpha value is -2.80. The van der Waals surface area contributed by atoms with Gasteiger partial charge in [-0.15, -0.1) is 5.10 Å². The first kappa shape index (κ1) is 16.7. The number of nitrogens with zero attached hydrogens (tertiary/aromatic N) is 5. The van der Waals surface area contributed by atoms with Crippen LogP contribution >= 0.6 is 0 Å². The van der Waals surface area contributed by atoms with Crippen LogP contribution in [-0.2, 0) is 0 Å². The lowest BCUT2D eigenvalue weighted by Gasteiger charge is -2.31. The fraction of sp³-hybridized carbons (Fsp3) is 0.368. The molecule has 0 atom stereocenters. The van der Waals surface area contributed by atoms with Crippen molar-refractivity contribution in [2.24, 2.45) is 0 Å². The molecule has 1 N–H and O–H groups in total. The zero-order chi connectivity index (χ0) is 18.1. The van der Waals surface area contributed by atoms with Gasteiger partial charge in [-0.05, 0) is 45.0 Å². The molecular formula is C19H22N6O. The second-order valence-corrected chi connectivity index (χ2v) is 6.68. The summed E-state index contributed by atoms with van der Waals surface area (Å²) in [7, 11) is 1.86. The summed E-state index contributed by atoms with van der Waals surface area (Å²) in [6.07, 6.45) is 3.68. The number of hydrogen-bond donors (Lipinski definition) is 1. The van der Waals surface area contributed by atoms with E-state index in [1.807, 2.05) is 49.2 Å². The Kier molecular flexibility index (Phi) is 4.38. The Morgan fingerprint density at radius 3 is 2.81 bits per heavy atom. The highest BCUT2D eigenvalue weighted by Crippen LogP contribution is 2.22. The van der Waals surface area contributed by atoms with Gasteiger partial charge in [0.25, 0.3) is 5.91 Å². The van der Waals surface area contributed by atoms with E-state index in [9.17, 15) is 4.79 Å². The second kappa shape index (κ2) is 6.84. The van der Waals surface area contributed by atoms with Gasteiger partial charge in [0.15, 0.2) is 5.69 Å². The lowest BCUT2D eigenvalue weighted by atomic mass is 10.0. The van der Waals surface area contributed by atoms with Crippen LogP contribution in [0.1, 0.15) is 29.0 Å². The van der Waals surface area contributed by atoms with Crippen LogP contribution in [0.4, 0.5) is 0 Å². The zero-order valence-electron chi connectivity index (χ0n) is 15.0. The van der Waals surface area contributed by atoms with Crippen LogP contribution in [0.5, 0.6) is 0 Å². The van der Waals surface area contributed by atoms with E-state index in [1.165, 1.54) is 0 Å². The number of nitrogens with one attached hydrogen (secondary N) is 1. The molecule has 1 aliphatic rings. The van der Waals surface area contributed by atoms with Crippen molar-refractivity contribution in [1.29, 1.82) is 0 Å². The first-order chi connectivity index (χ1) is 12.7. The van der Waals surface area contributed by atoms with Gasteiger partial charge in [-0.2, -0.15) is 0 Å². The topological polar surface area (TPSA) is 75.9 Å². The van der Waals surface area contributed by atoms with Crippen LogP contribution in [0, 0.1) is 6.92 Å². The fourth-order valence-electron chi connectivity index (χ4n) is 3.54. The van der Waals surface area contributed by atoms with E-state index in [2.05, 4.69) is 20.6 Å². The zero-order valence-corrected chi connectivity index (χ0v) is 15.0. The van der Waals surface area contributed by atoms with E-state index in [4.69, 9.17) is 0 Å². The molecule has 1 saturated heterocycles. The van der Waals surface area contributed by atoms with Gasteiger partial charge < -0.3 is 10.2 Å². The summed E-state index contributed by atoms with van der Waals surface area (Å²) in [5, 5.41) is 12.8. The minimum atomic E-state index is -0.0751. The van der Waals surface area contributed by atoms with Crippen molar-refractivity contribution in [1.82, 2.24) is 30.2 Å². The highest BCUT2D eigenvalue weighted by molar-refractivity contribution is 5.94. The van der Waals surface area contributed by atoms with Crippen LogP contribution in [0.15, 0.2) is 36.5 Å². The number of fused-ring (bicyclic) bond motifs is 1. The summed E-state index contributed by atoms with van der Waals surface area (Å²) >= 11 is 0. The molecule has 7 nitrogen and oxygen atoms in total. The molecule has 4 rings (SSSR count). The number of pyridine rings is 1. The maximum absolute atomic E-state index is 12.9. The van der Waals surface area contributed by atoms with Crippen molar-refractivity contribution < 1.29 is 4.79 Å². The van der Waals surface area contributed by atoms with E-state index in [-0.39, 0.29) is 11.9 Å². The number of carbonyl (C=O) groups is 1. The molecule has 1 amide bonds. The van der Waals surface area contributed by atoms with Crippen LogP contribution in [-0.4, -0.2) is 57.0 Å². The highest BCUT2D eigenvalue weighted by atomic mass is 16.2. The van der Waals surface area contributed by atoms with E-state index in [1.54, 1.807) is 10.9 Å². The monoisotopic (exact) mass is 350 g/mol. The van der Waals surface area contributed by atoms with Crippen LogP contribution in [0.25, 0.3) is 16.6 Å². The maximum Gasteiger partial charge on any atom is 0.276 e. The van der Waals surface area contributed by atoms with Gasteiger partial charge in [-0.3, -0.25) is 9.78 Å². The minimum absolute atomic E-state index is 0.0751. The summed E-state index contributed by atoms with van der Waals surface area (Å²) in [4.78, 5) is 19.2. The van der Waals surface area contributed by atoms with Gasteiger partial charge in [-0.1, -0.05) is 23.4 Å². The van der Waals surface area contributed by atoms with Crippen LogP contribution in [0.2, 0.25) is 0 Å². The maximum atomic E-state index is 12.9. The molecule has 3 aromatic rings. The lowest BCUT2D eigenvalue weighted by molar-refractivity contribution is 0.0696. The number of aromatic nitrogens is 4. The molecule has 0 spiro atoms. The normalized spacial score (nSPS) is 15.3. The van der Waals surface area contributed by atoms with Crippen molar-refractivity contribution in [2.75, 3.05) is 20.1 Å². The van der Waals surface area contributed by atoms with Gasteiger partial charge in [0.1, 0.15) is 0 Å². The van der Waals surface area contributed by atoms with E-state index in [0.29, 0.717) is 5.69 Å². The highest BCUT2D eigenvalue weighted by Gasteiger charge is 2.27. The van der Waals surface area contributed by atoms with Crippen LogP contribution < -0.4 is 5.32 Å². The molecule has 0 radical (unpaired) electrons. The molecule has 1 aliphatic heterocycles. The summed E-state index contributed by atoms with van der Waals surface area (Å²) in [6, 6.07) is 10.1. The van der Waals surface area contributed by atoms with E-state index in [0.717, 1.165) is 48.2 Å². The molecule has 0 saturated carbocycles. The molecule has 134 valence electrons. The third kappa shape index (κ3) is 2.84. The van der Waals surface area contributed by atoms with Gasteiger partial charge >= 0.3 is 0 Å². The van der Waals surface area contributed by atoms with Gasteiger partial charge in [0.05, 0.1) is 16.9 Å². The summed E-state index contributed by atoms with van der Waals surface area (Å²) in [5.74, 6) is -0.0751. The number of carbonyl (C=O) groups excluding carboxylic acids is 1. The molecule has 0 aliphatic carbocycles. The smallest absolute Gasteiger partial charge is 0.276 e. The SMILES string of the molecule is Cc1c(C(=O)N(C)C2CCNCC2)nnn1-c1cccc2cccnc12. The number of hydrogen-bond acceptors (Lipinski definition) is 5. The van der Waals surface area contributed by atoms with Gasteiger partial charge in [0, 0.05) is 24.7 Å². The average Bonchev–Trinajstić information content (AvgIpc) is 3.08. The molecule has 3 heterocycles. The predicted molar refractivity (Wildman–Crippen MR) is 99.4 cm³/mol. The quantitative estimate of drug-likeness (QED) is 0.781. The number of para-hydroxylation sites is 1. The number of rotatable bonds is 3. The van der Waals surface area contributed by atoms with Crippen LogP contribution in [0.3, 0.4) is 0 Å². The van der Waals surface area contributed by atoms with E-state index >= 15 is 0 Å². The Morgan fingerprint density at radius 2 is 2.00 bits per heavy atom. The lowest BCUT2D eigenvalue weighted by Crippen LogP contribution is -2.44. The minimum Gasteiger partial charge on any atom is -0.337 e. The predicted octanol–water partition coefficient (Wildman–Crippen LogP) is 1.95. The van der Waals surface area contributed by atoms with Crippen molar-refractivity contribution in [2.45, 2.75) is 25.8 Å². The summed E-state index contributed by atoms with van der Waals surface area (Å²) < 4.78 is 1.71. The van der Waals surface area contributed by atoms with E-state index < -0.39 is 0 Å². The first-order valence-corrected chi connectivity index (χ1v) is 8.91. The standard InChI is InChI=1S/C19H22N6O/c1-13-17(19(26)24(2)15-8-11-20-12-9-15)22-23-25(13)16-7-3-5-14-6-4-10-21-18(14)16/h3-7,10,15,20H,8-9,11-12H2,1-2H3. The van der Waals surface area contributed by atoms with Crippen molar-refractivity contribution in [3.63, 3.8) is 0 Å². The van der Waals surface area contributed by atoms with Gasteiger partial charge in [0.2, 0.25) is 0 Å². The van der Waals surface area contributed by atoms with Crippen molar-refractivity contribution in [3.8, 4) is 5.69 Å². The second-order valence-electron chi connectivity index (χ2n) is 6.68.